The van der Waals surface area contributed by atoms with Crippen LogP contribution >= 0.6 is 38.5 Å². The Morgan fingerprint density at radius 3 is 2.83 bits per heavy atom. The number of carbonyl (C=O) groups excluding carboxylic acids is 1. The number of hydrazine groups is 1. The standard InChI is InChI=1S/C17H16BrIN2O3/c1-23-15-9-11(5-6-16(22)21-20)8-14(19)17(15)24-10-12-3-2-4-13(18)7-12/h2-9H,10,20H2,1H3,(H,21,22)/b6-5+. The smallest absolute Gasteiger partial charge is 0.257 e. The molecule has 2 aromatic carbocycles. The molecule has 0 heterocycles. The van der Waals surface area contributed by atoms with Crippen LogP contribution in [0.25, 0.3) is 6.08 Å². The molecule has 126 valence electrons. The Morgan fingerprint density at radius 2 is 2.17 bits per heavy atom. The summed E-state index contributed by atoms with van der Waals surface area (Å²) in [5.74, 6) is 5.94. The molecule has 0 radical (unpaired) electrons. The Morgan fingerprint density at radius 1 is 1.38 bits per heavy atom. The molecule has 7 heteroatoms. The fourth-order valence-corrected chi connectivity index (χ4v) is 3.21. The van der Waals surface area contributed by atoms with Gasteiger partial charge in [-0.2, -0.15) is 0 Å². The molecule has 0 spiro atoms. The van der Waals surface area contributed by atoms with Crippen LogP contribution in [0, 0.1) is 3.57 Å². The minimum absolute atomic E-state index is 0.376. The Kier molecular flexibility index (Phi) is 7.07. The molecule has 24 heavy (non-hydrogen) atoms. The predicted octanol–water partition coefficient (Wildman–Crippen LogP) is 3.64. The molecule has 2 aromatic rings. The third-order valence-corrected chi connectivity index (χ3v) is 4.39. The van der Waals surface area contributed by atoms with Gasteiger partial charge in [0.2, 0.25) is 0 Å². The van der Waals surface area contributed by atoms with Gasteiger partial charge in [0.25, 0.3) is 5.91 Å². The molecule has 0 saturated heterocycles. The first-order valence-electron chi connectivity index (χ1n) is 6.97. The second kappa shape index (κ2) is 9.05. The van der Waals surface area contributed by atoms with Gasteiger partial charge in [-0.15, -0.1) is 0 Å². The third kappa shape index (κ3) is 5.22. The number of rotatable bonds is 6. The molecule has 0 atom stereocenters. The van der Waals surface area contributed by atoms with E-state index in [1.807, 2.05) is 35.8 Å². The fourth-order valence-electron chi connectivity index (χ4n) is 1.98. The number of ether oxygens (including phenoxy) is 2. The highest BCUT2D eigenvalue weighted by Gasteiger charge is 2.11. The van der Waals surface area contributed by atoms with Crippen molar-refractivity contribution in [3.63, 3.8) is 0 Å². The summed E-state index contributed by atoms with van der Waals surface area (Å²) in [5, 5.41) is 0. The Bertz CT molecular complexity index is 765. The van der Waals surface area contributed by atoms with Crippen LogP contribution in [0.15, 0.2) is 46.9 Å². The number of hydrogen-bond acceptors (Lipinski definition) is 4. The van der Waals surface area contributed by atoms with Crippen LogP contribution in [-0.4, -0.2) is 13.0 Å². The maximum absolute atomic E-state index is 11.2. The predicted molar refractivity (Wildman–Crippen MR) is 106 cm³/mol. The van der Waals surface area contributed by atoms with Crippen LogP contribution in [0.2, 0.25) is 0 Å². The molecular formula is C17H16BrIN2O3. The second-order valence-corrected chi connectivity index (χ2v) is 6.87. The minimum Gasteiger partial charge on any atom is -0.493 e. The molecule has 5 nitrogen and oxygen atoms in total. The highest BCUT2D eigenvalue weighted by Crippen LogP contribution is 2.35. The lowest BCUT2D eigenvalue weighted by Crippen LogP contribution is -2.27. The number of benzene rings is 2. The van der Waals surface area contributed by atoms with Gasteiger partial charge in [0.15, 0.2) is 11.5 Å². The maximum atomic E-state index is 11.2. The lowest BCUT2D eigenvalue weighted by atomic mass is 10.2. The Labute approximate surface area is 162 Å². The molecular weight excluding hydrogens is 487 g/mol. The Hall–Kier alpha value is -1.58. The summed E-state index contributed by atoms with van der Waals surface area (Å²) >= 11 is 5.62. The van der Waals surface area contributed by atoms with Crippen LogP contribution in [0.5, 0.6) is 11.5 Å². The van der Waals surface area contributed by atoms with Crippen molar-refractivity contribution in [1.82, 2.24) is 5.43 Å². The summed E-state index contributed by atoms with van der Waals surface area (Å²) in [5.41, 5.74) is 3.91. The van der Waals surface area contributed by atoms with Crippen LogP contribution in [0.4, 0.5) is 0 Å². The molecule has 0 saturated carbocycles. The van der Waals surface area contributed by atoms with Gasteiger partial charge in [-0.05, 0) is 64.1 Å². The third-order valence-electron chi connectivity index (χ3n) is 3.09. The molecule has 1 amide bonds. The lowest BCUT2D eigenvalue weighted by Gasteiger charge is -2.14. The fraction of sp³-hybridized carbons (Fsp3) is 0.118. The van der Waals surface area contributed by atoms with Gasteiger partial charge >= 0.3 is 0 Å². The second-order valence-electron chi connectivity index (χ2n) is 4.79. The van der Waals surface area contributed by atoms with Crippen molar-refractivity contribution in [2.75, 3.05) is 7.11 Å². The van der Waals surface area contributed by atoms with E-state index in [1.54, 1.807) is 19.3 Å². The molecule has 0 aliphatic rings. The van der Waals surface area contributed by atoms with E-state index in [4.69, 9.17) is 15.3 Å². The van der Waals surface area contributed by atoms with E-state index in [0.717, 1.165) is 19.2 Å². The van der Waals surface area contributed by atoms with Crippen LogP contribution in [-0.2, 0) is 11.4 Å². The zero-order valence-electron chi connectivity index (χ0n) is 12.9. The van der Waals surface area contributed by atoms with E-state index in [1.165, 1.54) is 6.08 Å². The van der Waals surface area contributed by atoms with Crippen molar-refractivity contribution in [3.8, 4) is 11.5 Å². The Balaban J connectivity index is 2.20. The monoisotopic (exact) mass is 502 g/mol. The highest BCUT2D eigenvalue weighted by atomic mass is 127. The van der Waals surface area contributed by atoms with Crippen LogP contribution < -0.4 is 20.7 Å². The van der Waals surface area contributed by atoms with Crippen molar-refractivity contribution < 1.29 is 14.3 Å². The summed E-state index contributed by atoms with van der Waals surface area (Å²) < 4.78 is 13.2. The molecule has 0 bridgehead atoms. The van der Waals surface area contributed by atoms with Crippen molar-refractivity contribution in [2.24, 2.45) is 5.84 Å². The van der Waals surface area contributed by atoms with Crippen molar-refractivity contribution in [1.29, 1.82) is 0 Å². The lowest BCUT2D eigenvalue weighted by molar-refractivity contribution is -0.116. The average molecular weight is 503 g/mol. The van der Waals surface area contributed by atoms with Gasteiger partial charge in [0.1, 0.15) is 6.61 Å². The number of methoxy groups -OCH3 is 1. The zero-order valence-corrected chi connectivity index (χ0v) is 16.6. The van der Waals surface area contributed by atoms with Gasteiger partial charge < -0.3 is 9.47 Å². The van der Waals surface area contributed by atoms with Gasteiger partial charge in [-0.1, -0.05) is 28.1 Å². The first kappa shape index (κ1) is 18.8. The summed E-state index contributed by atoms with van der Waals surface area (Å²) in [7, 11) is 1.58. The minimum atomic E-state index is -0.376. The SMILES string of the molecule is COc1cc(/C=C/C(=O)NN)cc(I)c1OCc1cccc(Br)c1. The first-order valence-corrected chi connectivity index (χ1v) is 8.84. The topological polar surface area (TPSA) is 73.6 Å². The molecule has 0 aliphatic heterocycles. The van der Waals surface area contributed by atoms with Gasteiger partial charge in [-0.3, -0.25) is 10.2 Å². The first-order chi connectivity index (χ1) is 11.5. The number of carbonyl (C=O) groups is 1. The molecule has 0 aliphatic carbocycles. The number of halogens is 2. The van der Waals surface area contributed by atoms with Crippen molar-refractivity contribution in [2.45, 2.75) is 6.61 Å². The van der Waals surface area contributed by atoms with Crippen LogP contribution in [0.1, 0.15) is 11.1 Å². The van der Waals surface area contributed by atoms with E-state index < -0.39 is 0 Å². The number of hydrogen-bond donors (Lipinski definition) is 2. The quantitative estimate of drug-likeness (QED) is 0.208. The summed E-state index contributed by atoms with van der Waals surface area (Å²) in [4.78, 5) is 11.2. The molecule has 0 unspecified atom stereocenters. The summed E-state index contributed by atoms with van der Waals surface area (Å²) in [6.07, 6.45) is 3.01. The van der Waals surface area contributed by atoms with E-state index >= 15 is 0 Å². The van der Waals surface area contributed by atoms with E-state index in [-0.39, 0.29) is 5.91 Å². The maximum Gasteiger partial charge on any atom is 0.257 e. The zero-order chi connectivity index (χ0) is 17.5. The number of amides is 1. The van der Waals surface area contributed by atoms with Crippen molar-refractivity contribution >= 4 is 50.5 Å². The molecule has 0 aromatic heterocycles. The largest absolute Gasteiger partial charge is 0.493 e. The highest BCUT2D eigenvalue weighted by molar-refractivity contribution is 14.1. The molecule has 2 rings (SSSR count). The summed E-state index contributed by atoms with van der Waals surface area (Å²) in [6, 6.07) is 11.6. The molecule has 0 fully saturated rings. The number of nitrogens with one attached hydrogen (secondary N) is 1. The van der Waals surface area contributed by atoms with Gasteiger partial charge in [-0.25, -0.2) is 5.84 Å². The van der Waals surface area contributed by atoms with E-state index in [0.29, 0.717) is 18.1 Å². The van der Waals surface area contributed by atoms with E-state index in [2.05, 4.69) is 38.5 Å². The molecule has 3 N–H and O–H groups in total. The van der Waals surface area contributed by atoms with E-state index in [9.17, 15) is 4.79 Å². The average Bonchev–Trinajstić information content (AvgIpc) is 2.58. The number of nitrogens with two attached hydrogens (primary N) is 1. The van der Waals surface area contributed by atoms with Crippen molar-refractivity contribution in [3.05, 3.63) is 61.6 Å². The summed E-state index contributed by atoms with van der Waals surface area (Å²) in [6.45, 7) is 0.427. The van der Waals surface area contributed by atoms with Crippen LogP contribution in [0.3, 0.4) is 0 Å². The van der Waals surface area contributed by atoms with Gasteiger partial charge in [0.05, 0.1) is 10.7 Å². The normalized spacial score (nSPS) is 10.7. The van der Waals surface area contributed by atoms with Gasteiger partial charge in [0, 0.05) is 10.5 Å².